The quantitative estimate of drug-likeness (QED) is 0.590. The summed E-state index contributed by atoms with van der Waals surface area (Å²) >= 11 is 6.02. The summed E-state index contributed by atoms with van der Waals surface area (Å²) in [5.74, 6) is 1.14. The van der Waals surface area contributed by atoms with Crippen LogP contribution in [0.25, 0.3) is 22.6 Å². The maximum absolute atomic E-state index is 13.5. The minimum Gasteiger partial charge on any atom is -0.337 e. The van der Waals surface area contributed by atoms with Crippen LogP contribution in [0.2, 0.25) is 5.02 Å². The molecule has 0 unspecified atom stereocenters. The first kappa shape index (κ1) is 19.5. The number of halogens is 1. The highest BCUT2D eigenvalue weighted by molar-refractivity contribution is 7.85. The molecule has 1 fully saturated rings. The van der Waals surface area contributed by atoms with E-state index < -0.39 is 10.8 Å². The summed E-state index contributed by atoms with van der Waals surface area (Å²) in [5.41, 5.74) is 5.78. The van der Waals surface area contributed by atoms with Crippen LogP contribution in [-0.4, -0.2) is 44.6 Å². The van der Waals surface area contributed by atoms with Gasteiger partial charge in [0.15, 0.2) is 0 Å². The van der Waals surface area contributed by atoms with Gasteiger partial charge < -0.3 is 4.90 Å². The van der Waals surface area contributed by atoms with Crippen LogP contribution in [0.5, 0.6) is 0 Å². The molecule has 0 atom stereocenters. The number of hydrogen-bond acceptors (Lipinski definition) is 3. The molecule has 0 N–H and O–H groups in total. The van der Waals surface area contributed by atoms with Crippen molar-refractivity contribution in [2.24, 2.45) is 0 Å². The molecule has 3 aromatic rings. The highest BCUT2D eigenvalue weighted by atomic mass is 35.5. The molecule has 2 aromatic carbocycles. The maximum Gasteiger partial charge on any atom is 0.254 e. The minimum atomic E-state index is -0.815. The van der Waals surface area contributed by atoms with Gasteiger partial charge in [0.25, 0.3) is 5.91 Å². The standard InChI is InChI=1S/C24H21ClN2O2S/c25-18-8-5-16(6-9-18)15-17-7-10-20-22(24(28)27-11-13-30(29)14-12-27)19-3-1-2-4-21(19)26-23(17)20/h1-6,8-9,15H,7,10-14H2/b17-15-. The average molecular weight is 437 g/mol. The fourth-order valence-corrected chi connectivity index (χ4v) is 5.46. The van der Waals surface area contributed by atoms with Gasteiger partial charge in [-0.25, -0.2) is 4.98 Å². The van der Waals surface area contributed by atoms with E-state index in [0.717, 1.165) is 51.7 Å². The molecule has 6 heteroatoms. The fraction of sp³-hybridized carbons (Fsp3) is 0.250. The Labute approximate surface area is 183 Å². The lowest BCUT2D eigenvalue weighted by Crippen LogP contribution is -2.42. The highest BCUT2D eigenvalue weighted by Gasteiger charge is 2.30. The molecular formula is C24H21ClN2O2S. The molecule has 4 nitrogen and oxygen atoms in total. The summed E-state index contributed by atoms with van der Waals surface area (Å²) in [7, 11) is -0.815. The van der Waals surface area contributed by atoms with Crippen LogP contribution in [0, 0.1) is 0 Å². The topological polar surface area (TPSA) is 50.3 Å². The normalized spacial score (nSPS) is 18.2. The number of nitrogens with zero attached hydrogens (tertiary/aromatic N) is 2. The van der Waals surface area contributed by atoms with E-state index in [1.54, 1.807) is 0 Å². The zero-order valence-corrected chi connectivity index (χ0v) is 18.0. The lowest BCUT2D eigenvalue weighted by atomic mass is 9.99. The third-order valence-corrected chi connectivity index (χ3v) is 7.36. The van der Waals surface area contributed by atoms with Crippen molar-refractivity contribution >= 4 is 50.9 Å². The van der Waals surface area contributed by atoms with Crippen molar-refractivity contribution in [2.45, 2.75) is 12.8 Å². The highest BCUT2D eigenvalue weighted by Crippen LogP contribution is 2.38. The molecule has 0 radical (unpaired) electrons. The molecule has 1 aliphatic carbocycles. The smallest absolute Gasteiger partial charge is 0.254 e. The van der Waals surface area contributed by atoms with Gasteiger partial charge in [0.05, 0.1) is 16.8 Å². The number of hydrogen-bond donors (Lipinski definition) is 0. The van der Waals surface area contributed by atoms with Crippen molar-refractivity contribution in [1.82, 2.24) is 9.88 Å². The Bertz CT molecular complexity index is 1190. The molecule has 1 aromatic heterocycles. The molecule has 1 amide bonds. The second-order valence-electron chi connectivity index (χ2n) is 7.69. The van der Waals surface area contributed by atoms with Gasteiger partial charge in [-0.15, -0.1) is 0 Å². The monoisotopic (exact) mass is 436 g/mol. The van der Waals surface area contributed by atoms with Gasteiger partial charge in [0.1, 0.15) is 0 Å². The molecule has 30 heavy (non-hydrogen) atoms. The summed E-state index contributed by atoms with van der Waals surface area (Å²) in [4.78, 5) is 20.3. The summed E-state index contributed by atoms with van der Waals surface area (Å²) < 4.78 is 11.8. The Kier molecular flexibility index (Phi) is 5.17. The first-order valence-electron chi connectivity index (χ1n) is 10.1. The lowest BCUT2D eigenvalue weighted by Gasteiger charge is -2.27. The van der Waals surface area contributed by atoms with Crippen LogP contribution in [0.15, 0.2) is 48.5 Å². The maximum atomic E-state index is 13.5. The summed E-state index contributed by atoms with van der Waals surface area (Å²) in [6.07, 6.45) is 3.79. The van der Waals surface area contributed by atoms with Crippen molar-refractivity contribution in [3.05, 3.63) is 75.9 Å². The van der Waals surface area contributed by atoms with Gasteiger partial charge in [-0.2, -0.15) is 0 Å². The second-order valence-corrected chi connectivity index (χ2v) is 9.83. The molecule has 152 valence electrons. The van der Waals surface area contributed by atoms with Crippen molar-refractivity contribution in [3.8, 4) is 0 Å². The van der Waals surface area contributed by atoms with Gasteiger partial charge in [-0.1, -0.05) is 41.9 Å². The predicted octanol–water partition coefficient (Wildman–Crippen LogP) is 4.58. The Morgan fingerprint density at radius 2 is 1.77 bits per heavy atom. The third-order valence-electron chi connectivity index (χ3n) is 5.83. The van der Waals surface area contributed by atoms with Gasteiger partial charge in [-0.3, -0.25) is 9.00 Å². The zero-order valence-electron chi connectivity index (χ0n) is 16.4. The van der Waals surface area contributed by atoms with Gasteiger partial charge in [-0.05, 0) is 53.8 Å². The number of para-hydroxylation sites is 1. The molecule has 0 bridgehead atoms. The number of pyridine rings is 1. The van der Waals surface area contributed by atoms with E-state index in [2.05, 4.69) is 6.08 Å². The van der Waals surface area contributed by atoms with Crippen LogP contribution in [0.4, 0.5) is 0 Å². The van der Waals surface area contributed by atoms with E-state index in [0.29, 0.717) is 29.6 Å². The van der Waals surface area contributed by atoms with E-state index in [1.165, 1.54) is 0 Å². The van der Waals surface area contributed by atoms with Crippen LogP contribution in [-0.2, 0) is 17.2 Å². The molecule has 2 heterocycles. The van der Waals surface area contributed by atoms with E-state index in [9.17, 15) is 9.00 Å². The van der Waals surface area contributed by atoms with Crippen molar-refractivity contribution in [2.75, 3.05) is 24.6 Å². The summed E-state index contributed by atoms with van der Waals surface area (Å²) in [5, 5.41) is 1.61. The second kappa shape index (κ2) is 7.97. The summed E-state index contributed by atoms with van der Waals surface area (Å²) in [6, 6.07) is 15.6. The van der Waals surface area contributed by atoms with E-state index in [4.69, 9.17) is 16.6 Å². The van der Waals surface area contributed by atoms with Crippen LogP contribution in [0.1, 0.15) is 33.6 Å². The first-order chi connectivity index (χ1) is 14.6. The SMILES string of the molecule is O=C(c1c2c(nc3ccccc13)/C(=C\c1ccc(Cl)cc1)CC2)N1CCS(=O)CC1. The van der Waals surface area contributed by atoms with E-state index >= 15 is 0 Å². The van der Waals surface area contributed by atoms with Gasteiger partial charge >= 0.3 is 0 Å². The van der Waals surface area contributed by atoms with E-state index in [1.807, 2.05) is 53.4 Å². The number of benzene rings is 2. The molecule has 0 spiro atoms. The molecule has 5 rings (SSSR count). The number of carbonyl (C=O) groups excluding carboxylic acids is 1. The number of rotatable bonds is 2. The van der Waals surface area contributed by atoms with E-state index in [-0.39, 0.29) is 5.91 Å². The number of allylic oxidation sites excluding steroid dienone is 1. The summed E-state index contributed by atoms with van der Waals surface area (Å²) in [6.45, 7) is 1.09. The Balaban J connectivity index is 1.62. The lowest BCUT2D eigenvalue weighted by molar-refractivity contribution is 0.0772. The number of fused-ring (bicyclic) bond motifs is 2. The van der Waals surface area contributed by atoms with Crippen molar-refractivity contribution in [3.63, 3.8) is 0 Å². The van der Waals surface area contributed by atoms with Crippen molar-refractivity contribution < 1.29 is 9.00 Å². The molecule has 2 aliphatic rings. The largest absolute Gasteiger partial charge is 0.337 e. The predicted molar refractivity (Wildman–Crippen MR) is 123 cm³/mol. The number of amides is 1. The zero-order chi connectivity index (χ0) is 20.7. The van der Waals surface area contributed by atoms with Gasteiger partial charge in [0.2, 0.25) is 0 Å². The molecule has 1 saturated heterocycles. The number of aromatic nitrogens is 1. The Hall–Kier alpha value is -2.50. The third kappa shape index (κ3) is 3.57. The molecular weight excluding hydrogens is 416 g/mol. The van der Waals surface area contributed by atoms with Gasteiger partial charge in [0, 0.05) is 45.8 Å². The molecule has 1 aliphatic heterocycles. The first-order valence-corrected chi connectivity index (χ1v) is 12.0. The molecule has 0 saturated carbocycles. The fourth-order valence-electron chi connectivity index (χ4n) is 4.28. The van der Waals surface area contributed by atoms with Crippen LogP contribution in [0.3, 0.4) is 0 Å². The van der Waals surface area contributed by atoms with Crippen molar-refractivity contribution in [1.29, 1.82) is 0 Å². The number of carbonyl (C=O) groups is 1. The van der Waals surface area contributed by atoms with Crippen LogP contribution >= 0.6 is 11.6 Å². The average Bonchev–Trinajstić information content (AvgIpc) is 3.16. The Morgan fingerprint density at radius 1 is 1.03 bits per heavy atom. The minimum absolute atomic E-state index is 0.0364. The Morgan fingerprint density at radius 3 is 2.53 bits per heavy atom. The van der Waals surface area contributed by atoms with Crippen LogP contribution < -0.4 is 0 Å².